The average Bonchev–Trinajstić information content (AvgIpc) is 2.93. The van der Waals surface area contributed by atoms with Crippen molar-refractivity contribution in [3.63, 3.8) is 0 Å². The average molecular weight is 289 g/mol. The summed E-state index contributed by atoms with van der Waals surface area (Å²) in [7, 11) is 0. The Bertz CT molecular complexity index is 405. The third-order valence-electron chi connectivity index (χ3n) is 3.50. The molecule has 0 amide bonds. The fraction of sp³-hybridized carbons (Fsp3) is 0.571. The van der Waals surface area contributed by atoms with E-state index in [2.05, 4.69) is 5.32 Å². The van der Waals surface area contributed by atoms with Crippen molar-refractivity contribution in [1.82, 2.24) is 5.32 Å². The summed E-state index contributed by atoms with van der Waals surface area (Å²) in [5, 5.41) is 11.9. The van der Waals surface area contributed by atoms with Crippen LogP contribution in [0.3, 0.4) is 0 Å². The molecule has 1 aromatic rings. The lowest BCUT2D eigenvalue weighted by molar-refractivity contribution is -0.202. The summed E-state index contributed by atoms with van der Waals surface area (Å²) in [6, 6.07) is 9.05. The molecule has 2 rings (SSSR count). The standard InChI is InChI=1S/C14H18F3NO2/c15-14(16,17)12(19)8-18-13(11-6-7-20-9-11)10-4-2-1-3-5-10/h1-5,11-13,18-19H,6-9H2. The van der Waals surface area contributed by atoms with Crippen LogP contribution in [0.4, 0.5) is 13.2 Å². The van der Waals surface area contributed by atoms with Gasteiger partial charge in [0.1, 0.15) is 0 Å². The van der Waals surface area contributed by atoms with Gasteiger partial charge in [-0.2, -0.15) is 13.2 Å². The number of rotatable bonds is 5. The van der Waals surface area contributed by atoms with Gasteiger partial charge in [0.15, 0.2) is 6.10 Å². The lowest BCUT2D eigenvalue weighted by Crippen LogP contribution is -2.41. The van der Waals surface area contributed by atoms with Gasteiger partial charge in [-0.1, -0.05) is 30.3 Å². The zero-order chi connectivity index (χ0) is 14.6. The summed E-state index contributed by atoms with van der Waals surface area (Å²) < 4.78 is 42.4. The van der Waals surface area contributed by atoms with Crippen molar-refractivity contribution in [2.45, 2.75) is 24.7 Å². The smallest absolute Gasteiger partial charge is 0.382 e. The van der Waals surface area contributed by atoms with Gasteiger partial charge in [-0.05, 0) is 12.0 Å². The van der Waals surface area contributed by atoms with Crippen molar-refractivity contribution in [1.29, 1.82) is 0 Å². The first-order valence-corrected chi connectivity index (χ1v) is 6.59. The summed E-state index contributed by atoms with van der Waals surface area (Å²) in [5.41, 5.74) is 0.914. The summed E-state index contributed by atoms with van der Waals surface area (Å²) in [6.07, 6.45) is -6.15. The number of ether oxygens (including phenoxy) is 1. The fourth-order valence-electron chi connectivity index (χ4n) is 2.39. The monoisotopic (exact) mass is 289 g/mol. The predicted octanol–water partition coefficient (Wildman–Crippen LogP) is 2.28. The van der Waals surface area contributed by atoms with E-state index in [9.17, 15) is 13.2 Å². The van der Waals surface area contributed by atoms with Gasteiger partial charge in [0.2, 0.25) is 0 Å². The Hall–Kier alpha value is -1.11. The van der Waals surface area contributed by atoms with Gasteiger partial charge in [0.25, 0.3) is 0 Å². The van der Waals surface area contributed by atoms with Crippen LogP contribution >= 0.6 is 0 Å². The van der Waals surface area contributed by atoms with Gasteiger partial charge < -0.3 is 15.2 Å². The third-order valence-corrected chi connectivity index (χ3v) is 3.50. The van der Waals surface area contributed by atoms with Crippen LogP contribution in [0.1, 0.15) is 18.0 Å². The highest BCUT2D eigenvalue weighted by molar-refractivity contribution is 5.20. The normalized spacial score (nSPS) is 22.7. The maximum atomic E-state index is 12.4. The molecular weight excluding hydrogens is 271 g/mol. The van der Waals surface area contributed by atoms with Crippen molar-refractivity contribution in [2.24, 2.45) is 5.92 Å². The summed E-state index contributed by atoms with van der Waals surface area (Å²) in [4.78, 5) is 0. The van der Waals surface area contributed by atoms with Crippen LogP contribution in [0.15, 0.2) is 30.3 Å². The summed E-state index contributed by atoms with van der Waals surface area (Å²) >= 11 is 0. The highest BCUT2D eigenvalue weighted by Crippen LogP contribution is 2.29. The zero-order valence-electron chi connectivity index (χ0n) is 10.9. The number of alkyl halides is 3. The zero-order valence-corrected chi connectivity index (χ0v) is 10.9. The van der Waals surface area contributed by atoms with E-state index in [1.54, 1.807) is 0 Å². The van der Waals surface area contributed by atoms with Gasteiger partial charge >= 0.3 is 6.18 Å². The van der Waals surface area contributed by atoms with E-state index in [0.717, 1.165) is 12.0 Å². The van der Waals surface area contributed by atoms with Gasteiger partial charge in [-0.3, -0.25) is 0 Å². The molecule has 3 nitrogen and oxygen atoms in total. The van der Waals surface area contributed by atoms with Gasteiger partial charge in [-0.15, -0.1) is 0 Å². The van der Waals surface area contributed by atoms with Crippen LogP contribution < -0.4 is 5.32 Å². The lowest BCUT2D eigenvalue weighted by Gasteiger charge is -2.26. The molecule has 0 bridgehead atoms. The molecule has 0 radical (unpaired) electrons. The number of hydrogen-bond donors (Lipinski definition) is 2. The molecular formula is C14H18F3NO2. The number of hydrogen-bond acceptors (Lipinski definition) is 3. The van der Waals surface area contributed by atoms with E-state index >= 15 is 0 Å². The molecule has 3 atom stereocenters. The molecule has 0 saturated carbocycles. The molecule has 1 aliphatic rings. The third kappa shape index (κ3) is 3.94. The molecule has 1 aromatic carbocycles. The number of nitrogens with one attached hydrogen (secondary N) is 1. The lowest BCUT2D eigenvalue weighted by atomic mass is 9.92. The van der Waals surface area contributed by atoms with Crippen molar-refractivity contribution < 1.29 is 23.0 Å². The first kappa shape index (κ1) is 15.3. The van der Waals surface area contributed by atoms with E-state index in [-0.39, 0.29) is 12.0 Å². The van der Waals surface area contributed by atoms with E-state index in [4.69, 9.17) is 9.84 Å². The van der Waals surface area contributed by atoms with Gasteiger partial charge in [0.05, 0.1) is 6.61 Å². The molecule has 112 valence electrons. The molecule has 0 aromatic heterocycles. The molecule has 20 heavy (non-hydrogen) atoms. The fourth-order valence-corrected chi connectivity index (χ4v) is 2.39. The van der Waals surface area contributed by atoms with Crippen LogP contribution in [0.5, 0.6) is 0 Å². The minimum atomic E-state index is -4.60. The van der Waals surface area contributed by atoms with Crippen LogP contribution in [-0.2, 0) is 4.74 Å². The quantitative estimate of drug-likeness (QED) is 0.874. The molecule has 6 heteroatoms. The van der Waals surface area contributed by atoms with Crippen LogP contribution in [0.25, 0.3) is 0 Å². The number of aliphatic hydroxyl groups excluding tert-OH is 1. The van der Waals surface area contributed by atoms with E-state index in [1.165, 1.54) is 0 Å². The highest BCUT2D eigenvalue weighted by atomic mass is 19.4. The number of halogens is 3. The Morgan fingerprint density at radius 2 is 2.00 bits per heavy atom. The summed E-state index contributed by atoms with van der Waals surface area (Å²) in [5.74, 6) is 0.123. The second kappa shape index (κ2) is 6.56. The highest BCUT2D eigenvalue weighted by Gasteiger charge is 2.39. The predicted molar refractivity (Wildman–Crippen MR) is 68.2 cm³/mol. The Morgan fingerprint density at radius 1 is 1.30 bits per heavy atom. The Balaban J connectivity index is 2.04. The van der Waals surface area contributed by atoms with Gasteiger partial charge in [0, 0.05) is 25.1 Å². The van der Waals surface area contributed by atoms with Crippen LogP contribution in [0, 0.1) is 5.92 Å². The maximum Gasteiger partial charge on any atom is 0.415 e. The van der Waals surface area contributed by atoms with Crippen molar-refractivity contribution in [2.75, 3.05) is 19.8 Å². The number of benzene rings is 1. The second-order valence-electron chi connectivity index (χ2n) is 4.98. The second-order valence-corrected chi connectivity index (χ2v) is 4.98. The Labute approximate surface area is 115 Å². The van der Waals surface area contributed by atoms with Gasteiger partial charge in [-0.25, -0.2) is 0 Å². The minimum absolute atomic E-state index is 0.123. The molecule has 0 aliphatic carbocycles. The molecule has 1 fully saturated rings. The topological polar surface area (TPSA) is 41.5 Å². The maximum absolute atomic E-state index is 12.4. The molecule has 3 unspecified atom stereocenters. The van der Waals surface area contributed by atoms with E-state index < -0.39 is 18.8 Å². The largest absolute Gasteiger partial charge is 0.415 e. The molecule has 0 spiro atoms. The summed E-state index contributed by atoms with van der Waals surface area (Å²) in [6.45, 7) is 0.631. The first-order valence-electron chi connectivity index (χ1n) is 6.59. The van der Waals surface area contributed by atoms with Crippen molar-refractivity contribution >= 4 is 0 Å². The Morgan fingerprint density at radius 3 is 2.55 bits per heavy atom. The van der Waals surface area contributed by atoms with Crippen molar-refractivity contribution in [3.8, 4) is 0 Å². The van der Waals surface area contributed by atoms with E-state index in [1.807, 2.05) is 30.3 Å². The SMILES string of the molecule is OC(CNC(c1ccccc1)C1CCOC1)C(F)(F)F. The van der Waals surface area contributed by atoms with Crippen molar-refractivity contribution in [3.05, 3.63) is 35.9 Å². The van der Waals surface area contributed by atoms with Crippen LogP contribution in [-0.4, -0.2) is 37.1 Å². The number of aliphatic hydroxyl groups is 1. The van der Waals surface area contributed by atoms with E-state index in [0.29, 0.717) is 13.2 Å². The molecule has 1 saturated heterocycles. The minimum Gasteiger partial charge on any atom is -0.382 e. The molecule has 1 heterocycles. The molecule has 2 N–H and O–H groups in total. The van der Waals surface area contributed by atoms with Crippen LogP contribution in [0.2, 0.25) is 0 Å². The molecule has 1 aliphatic heterocycles. The first-order chi connectivity index (χ1) is 9.48. The Kier molecular flexibility index (Phi) is 5.01.